The van der Waals surface area contributed by atoms with E-state index in [9.17, 15) is 18.0 Å². The Morgan fingerprint density at radius 3 is 1.97 bits per heavy atom. The van der Waals surface area contributed by atoms with Crippen LogP contribution in [-0.4, -0.2) is 27.3 Å². The second kappa shape index (κ2) is 10.8. The summed E-state index contributed by atoms with van der Waals surface area (Å²) in [7, 11) is -2.13. The number of hydrogen-bond donors (Lipinski definition) is 3. The molecule has 3 aromatic carbocycles. The molecule has 33 heavy (non-hydrogen) atoms. The number of amides is 2. The number of ether oxygens (including phenoxy) is 1. The van der Waals surface area contributed by atoms with Gasteiger partial charge in [-0.2, -0.15) is 0 Å². The zero-order valence-electron chi connectivity index (χ0n) is 18.3. The number of hydrogen-bond acceptors (Lipinski definition) is 5. The van der Waals surface area contributed by atoms with E-state index in [4.69, 9.17) is 4.74 Å². The van der Waals surface area contributed by atoms with Crippen LogP contribution in [0.1, 0.15) is 28.4 Å². The Morgan fingerprint density at radius 1 is 0.818 bits per heavy atom. The van der Waals surface area contributed by atoms with Crippen molar-refractivity contribution < 1.29 is 22.7 Å². The number of anilines is 1. The molecule has 0 saturated carbocycles. The summed E-state index contributed by atoms with van der Waals surface area (Å²) < 4.78 is 32.7. The standard InChI is InChI=1S/C24H25N3O5S/c1-17(28)27-21-9-13-23(14-10-21)33(30,31)26-16-19-3-7-20(8-4-19)24(29)25-15-18-5-11-22(32-2)12-6-18/h3-14,26H,15-16H2,1-2H3,(H,25,29)(H,27,28). The Bertz CT molecular complexity index is 1210. The van der Waals surface area contributed by atoms with Crippen molar-refractivity contribution >= 4 is 27.5 Å². The van der Waals surface area contributed by atoms with Crippen molar-refractivity contribution in [1.82, 2.24) is 10.0 Å². The molecule has 0 fully saturated rings. The minimum absolute atomic E-state index is 0.0729. The van der Waals surface area contributed by atoms with E-state index < -0.39 is 10.0 Å². The minimum atomic E-state index is -3.73. The Morgan fingerprint density at radius 2 is 1.39 bits per heavy atom. The summed E-state index contributed by atoms with van der Waals surface area (Å²) in [6.07, 6.45) is 0. The number of nitrogens with one attached hydrogen (secondary N) is 3. The van der Waals surface area contributed by atoms with Gasteiger partial charge in [-0.1, -0.05) is 24.3 Å². The smallest absolute Gasteiger partial charge is 0.251 e. The first-order chi connectivity index (χ1) is 15.8. The third-order valence-electron chi connectivity index (χ3n) is 4.78. The molecule has 0 saturated heterocycles. The second-order valence-electron chi connectivity index (χ2n) is 7.26. The minimum Gasteiger partial charge on any atom is -0.497 e. The van der Waals surface area contributed by atoms with Crippen molar-refractivity contribution in [2.45, 2.75) is 24.9 Å². The molecule has 172 valence electrons. The van der Waals surface area contributed by atoms with Crippen LogP contribution in [0, 0.1) is 0 Å². The maximum absolute atomic E-state index is 12.5. The SMILES string of the molecule is COc1ccc(CNC(=O)c2ccc(CNS(=O)(=O)c3ccc(NC(C)=O)cc3)cc2)cc1. The molecule has 3 N–H and O–H groups in total. The summed E-state index contributed by atoms with van der Waals surface area (Å²) in [5, 5.41) is 5.44. The molecule has 0 aliphatic carbocycles. The highest BCUT2D eigenvalue weighted by molar-refractivity contribution is 7.89. The molecule has 0 aliphatic heterocycles. The lowest BCUT2D eigenvalue weighted by molar-refractivity contribution is -0.114. The first-order valence-corrected chi connectivity index (χ1v) is 11.6. The molecule has 8 nitrogen and oxygen atoms in total. The zero-order chi connectivity index (χ0) is 23.8. The van der Waals surface area contributed by atoms with Crippen molar-refractivity contribution in [3.8, 4) is 5.75 Å². The van der Waals surface area contributed by atoms with Crippen LogP contribution in [0.25, 0.3) is 0 Å². The summed E-state index contributed by atoms with van der Waals surface area (Å²) in [5.74, 6) is 0.289. The Labute approximate surface area is 193 Å². The highest BCUT2D eigenvalue weighted by Crippen LogP contribution is 2.15. The molecule has 0 heterocycles. The van der Waals surface area contributed by atoms with Gasteiger partial charge in [-0.3, -0.25) is 9.59 Å². The quantitative estimate of drug-likeness (QED) is 0.448. The lowest BCUT2D eigenvalue weighted by Crippen LogP contribution is -2.24. The van der Waals surface area contributed by atoms with Crippen LogP contribution in [0.2, 0.25) is 0 Å². The first kappa shape index (κ1) is 24.0. The largest absolute Gasteiger partial charge is 0.497 e. The van der Waals surface area contributed by atoms with Gasteiger partial charge in [0, 0.05) is 31.3 Å². The maximum atomic E-state index is 12.5. The molecule has 3 rings (SSSR count). The molecule has 0 atom stereocenters. The van der Waals surface area contributed by atoms with Crippen LogP contribution in [-0.2, 0) is 27.9 Å². The lowest BCUT2D eigenvalue weighted by atomic mass is 10.1. The predicted octanol–water partition coefficient (Wildman–Crippen LogP) is 3.06. The van der Waals surface area contributed by atoms with Gasteiger partial charge in [0.1, 0.15) is 5.75 Å². The third-order valence-corrected chi connectivity index (χ3v) is 6.20. The van der Waals surface area contributed by atoms with Crippen LogP contribution in [0.4, 0.5) is 5.69 Å². The number of carbonyl (C=O) groups is 2. The fourth-order valence-corrected chi connectivity index (χ4v) is 4.00. The highest BCUT2D eigenvalue weighted by Gasteiger charge is 2.14. The van der Waals surface area contributed by atoms with Crippen LogP contribution >= 0.6 is 0 Å². The zero-order valence-corrected chi connectivity index (χ0v) is 19.1. The van der Waals surface area contributed by atoms with Gasteiger partial charge in [0.15, 0.2) is 0 Å². The second-order valence-corrected chi connectivity index (χ2v) is 9.02. The molecule has 0 radical (unpaired) electrons. The van der Waals surface area contributed by atoms with Crippen molar-refractivity contribution in [1.29, 1.82) is 0 Å². The average molecular weight is 468 g/mol. The average Bonchev–Trinajstić information content (AvgIpc) is 2.82. The topological polar surface area (TPSA) is 114 Å². The van der Waals surface area contributed by atoms with Crippen molar-refractivity contribution in [2.75, 3.05) is 12.4 Å². The van der Waals surface area contributed by atoms with Gasteiger partial charge in [0.2, 0.25) is 15.9 Å². The molecule has 3 aromatic rings. The van der Waals surface area contributed by atoms with Crippen molar-refractivity contribution in [3.63, 3.8) is 0 Å². The van der Waals surface area contributed by atoms with E-state index in [-0.39, 0.29) is 23.3 Å². The number of benzene rings is 3. The molecule has 0 aliphatic rings. The van der Waals surface area contributed by atoms with E-state index in [0.29, 0.717) is 23.4 Å². The molecular weight excluding hydrogens is 442 g/mol. The molecule has 0 unspecified atom stereocenters. The first-order valence-electron chi connectivity index (χ1n) is 10.1. The Balaban J connectivity index is 1.53. The van der Waals surface area contributed by atoms with E-state index in [1.165, 1.54) is 31.2 Å². The number of methoxy groups -OCH3 is 1. The van der Waals surface area contributed by atoms with Crippen molar-refractivity contribution in [2.24, 2.45) is 0 Å². The fraction of sp³-hybridized carbons (Fsp3) is 0.167. The normalized spacial score (nSPS) is 11.0. The van der Waals surface area contributed by atoms with Crippen LogP contribution in [0.3, 0.4) is 0 Å². The van der Waals surface area contributed by atoms with Gasteiger partial charge in [-0.25, -0.2) is 13.1 Å². The summed E-state index contributed by atoms with van der Waals surface area (Å²) >= 11 is 0. The van der Waals surface area contributed by atoms with Crippen molar-refractivity contribution in [3.05, 3.63) is 89.5 Å². The Hall–Kier alpha value is -3.69. The van der Waals surface area contributed by atoms with E-state index in [0.717, 1.165) is 11.3 Å². The van der Waals surface area contributed by atoms with Gasteiger partial charge < -0.3 is 15.4 Å². The van der Waals surface area contributed by atoms with Crippen LogP contribution < -0.4 is 20.1 Å². The maximum Gasteiger partial charge on any atom is 0.251 e. The third kappa shape index (κ3) is 6.90. The van der Waals surface area contributed by atoms with Gasteiger partial charge in [-0.15, -0.1) is 0 Å². The van der Waals surface area contributed by atoms with Gasteiger partial charge in [0.25, 0.3) is 5.91 Å². The highest BCUT2D eigenvalue weighted by atomic mass is 32.2. The lowest BCUT2D eigenvalue weighted by Gasteiger charge is -2.09. The molecule has 2 amide bonds. The molecule has 0 aromatic heterocycles. The molecule has 9 heteroatoms. The Kier molecular flexibility index (Phi) is 7.81. The summed E-state index contributed by atoms with van der Waals surface area (Å²) in [6, 6.07) is 20.0. The monoisotopic (exact) mass is 467 g/mol. The fourth-order valence-electron chi connectivity index (χ4n) is 2.98. The molecule has 0 spiro atoms. The van der Waals surface area contributed by atoms with Gasteiger partial charge in [-0.05, 0) is 59.7 Å². The van der Waals surface area contributed by atoms with Crippen LogP contribution in [0.15, 0.2) is 77.7 Å². The molecular formula is C24H25N3O5S. The molecule has 0 bridgehead atoms. The van der Waals surface area contributed by atoms with E-state index in [1.807, 2.05) is 24.3 Å². The van der Waals surface area contributed by atoms with E-state index >= 15 is 0 Å². The summed E-state index contributed by atoms with van der Waals surface area (Å²) in [6.45, 7) is 1.83. The summed E-state index contributed by atoms with van der Waals surface area (Å²) in [5.41, 5.74) is 2.64. The predicted molar refractivity (Wildman–Crippen MR) is 125 cm³/mol. The van der Waals surface area contributed by atoms with E-state index in [2.05, 4.69) is 15.4 Å². The number of rotatable bonds is 9. The van der Waals surface area contributed by atoms with Crippen LogP contribution in [0.5, 0.6) is 5.75 Å². The van der Waals surface area contributed by atoms with Gasteiger partial charge >= 0.3 is 0 Å². The van der Waals surface area contributed by atoms with Gasteiger partial charge in [0.05, 0.1) is 12.0 Å². The summed E-state index contributed by atoms with van der Waals surface area (Å²) in [4.78, 5) is 23.5. The van der Waals surface area contributed by atoms with E-state index in [1.54, 1.807) is 31.4 Å². The number of carbonyl (C=O) groups excluding carboxylic acids is 2. The number of sulfonamides is 1.